The Morgan fingerprint density at radius 2 is 2.18 bits per heavy atom. The van der Waals surface area contributed by atoms with Crippen molar-refractivity contribution in [2.24, 2.45) is 5.73 Å². The quantitative estimate of drug-likeness (QED) is 0.761. The molecule has 0 aliphatic rings. The van der Waals surface area contributed by atoms with Crippen LogP contribution < -0.4 is 10.6 Å². The molecule has 0 saturated heterocycles. The Balaban J connectivity index is 2.63. The molecule has 0 aliphatic heterocycles. The molecule has 1 aromatic carbocycles. The van der Waals surface area contributed by atoms with Gasteiger partial charge in [0.1, 0.15) is 0 Å². The Bertz CT molecular complexity index is 344. The first-order chi connectivity index (χ1) is 8.19. The fraction of sp³-hybridized carbons (Fsp3) is 0.538. The second-order valence-electron chi connectivity index (χ2n) is 4.09. The van der Waals surface area contributed by atoms with Crippen molar-refractivity contribution in [3.8, 4) is 0 Å². The second kappa shape index (κ2) is 7.54. The SMILES string of the molecule is COCCCN(C)c1ccc(CCN)cc1Cl. The van der Waals surface area contributed by atoms with E-state index in [0.717, 1.165) is 36.7 Å². The molecule has 0 fully saturated rings. The van der Waals surface area contributed by atoms with Crippen molar-refractivity contribution < 1.29 is 4.74 Å². The molecule has 0 amide bonds. The summed E-state index contributed by atoms with van der Waals surface area (Å²) in [7, 11) is 3.76. The van der Waals surface area contributed by atoms with Crippen molar-refractivity contribution in [1.82, 2.24) is 0 Å². The largest absolute Gasteiger partial charge is 0.385 e. The van der Waals surface area contributed by atoms with Crippen LogP contribution in [0.5, 0.6) is 0 Å². The van der Waals surface area contributed by atoms with Crippen molar-refractivity contribution >= 4 is 17.3 Å². The van der Waals surface area contributed by atoms with Gasteiger partial charge >= 0.3 is 0 Å². The highest BCUT2D eigenvalue weighted by molar-refractivity contribution is 6.33. The van der Waals surface area contributed by atoms with Gasteiger partial charge in [0.05, 0.1) is 10.7 Å². The minimum atomic E-state index is 0.652. The summed E-state index contributed by atoms with van der Waals surface area (Å²) in [5, 5.41) is 0.788. The lowest BCUT2D eigenvalue weighted by Crippen LogP contribution is -2.20. The predicted octanol–water partition coefficient (Wildman–Crippen LogP) is 2.31. The van der Waals surface area contributed by atoms with Crippen LogP contribution in [0.2, 0.25) is 5.02 Å². The molecule has 0 aliphatic carbocycles. The Labute approximate surface area is 109 Å². The van der Waals surface area contributed by atoms with Crippen LogP contribution in [0.25, 0.3) is 0 Å². The van der Waals surface area contributed by atoms with Crippen LogP contribution in [-0.4, -0.2) is 33.9 Å². The summed E-state index contributed by atoms with van der Waals surface area (Å²) in [6, 6.07) is 6.14. The Morgan fingerprint density at radius 3 is 2.76 bits per heavy atom. The van der Waals surface area contributed by atoms with E-state index < -0.39 is 0 Å². The van der Waals surface area contributed by atoms with Gasteiger partial charge in [-0.15, -0.1) is 0 Å². The van der Waals surface area contributed by atoms with Gasteiger partial charge in [-0.05, 0) is 37.1 Å². The predicted molar refractivity (Wildman–Crippen MR) is 74.0 cm³/mol. The number of nitrogens with zero attached hydrogens (tertiary/aromatic N) is 1. The van der Waals surface area contributed by atoms with Gasteiger partial charge in [0.2, 0.25) is 0 Å². The Hall–Kier alpha value is -0.770. The summed E-state index contributed by atoms with van der Waals surface area (Å²) >= 11 is 6.26. The monoisotopic (exact) mass is 256 g/mol. The van der Waals surface area contributed by atoms with Crippen LogP contribution in [-0.2, 0) is 11.2 Å². The van der Waals surface area contributed by atoms with Gasteiger partial charge in [0, 0.05) is 27.3 Å². The Morgan fingerprint density at radius 1 is 1.41 bits per heavy atom. The first-order valence-electron chi connectivity index (χ1n) is 5.87. The van der Waals surface area contributed by atoms with Gasteiger partial charge in [0.15, 0.2) is 0 Å². The molecule has 0 bridgehead atoms. The molecule has 1 rings (SSSR count). The highest BCUT2D eigenvalue weighted by atomic mass is 35.5. The minimum absolute atomic E-state index is 0.652. The van der Waals surface area contributed by atoms with E-state index in [-0.39, 0.29) is 0 Å². The highest BCUT2D eigenvalue weighted by Crippen LogP contribution is 2.26. The number of benzene rings is 1. The molecule has 2 N–H and O–H groups in total. The zero-order valence-electron chi connectivity index (χ0n) is 10.6. The number of methoxy groups -OCH3 is 1. The lowest BCUT2D eigenvalue weighted by atomic mass is 10.1. The number of halogens is 1. The number of ether oxygens (including phenoxy) is 1. The summed E-state index contributed by atoms with van der Waals surface area (Å²) < 4.78 is 5.04. The molecule has 1 aromatic rings. The van der Waals surface area contributed by atoms with E-state index in [4.69, 9.17) is 22.1 Å². The van der Waals surface area contributed by atoms with E-state index in [9.17, 15) is 0 Å². The van der Waals surface area contributed by atoms with Gasteiger partial charge < -0.3 is 15.4 Å². The maximum Gasteiger partial charge on any atom is 0.0642 e. The topological polar surface area (TPSA) is 38.5 Å². The first kappa shape index (κ1) is 14.3. The van der Waals surface area contributed by atoms with Crippen LogP contribution in [0, 0.1) is 0 Å². The van der Waals surface area contributed by atoms with Crippen LogP contribution in [0.4, 0.5) is 5.69 Å². The number of rotatable bonds is 7. The van der Waals surface area contributed by atoms with Gasteiger partial charge in [-0.2, -0.15) is 0 Å². The highest BCUT2D eigenvalue weighted by Gasteiger charge is 2.06. The van der Waals surface area contributed by atoms with E-state index in [2.05, 4.69) is 17.0 Å². The van der Waals surface area contributed by atoms with Crippen molar-refractivity contribution in [3.63, 3.8) is 0 Å². The van der Waals surface area contributed by atoms with E-state index in [1.807, 2.05) is 13.1 Å². The van der Waals surface area contributed by atoms with E-state index in [1.165, 1.54) is 5.56 Å². The normalized spacial score (nSPS) is 10.6. The molecule has 0 spiro atoms. The third-order valence-electron chi connectivity index (χ3n) is 2.70. The lowest BCUT2D eigenvalue weighted by molar-refractivity contribution is 0.196. The molecular formula is C13H21ClN2O. The number of hydrogen-bond acceptors (Lipinski definition) is 3. The van der Waals surface area contributed by atoms with Crippen LogP contribution in [0.1, 0.15) is 12.0 Å². The molecule has 0 radical (unpaired) electrons. The van der Waals surface area contributed by atoms with Gasteiger partial charge in [-0.3, -0.25) is 0 Å². The first-order valence-corrected chi connectivity index (χ1v) is 6.25. The summed E-state index contributed by atoms with van der Waals surface area (Å²) in [5.41, 5.74) is 7.77. The third-order valence-corrected chi connectivity index (χ3v) is 3.00. The number of anilines is 1. The van der Waals surface area contributed by atoms with Crippen molar-refractivity contribution in [2.75, 3.05) is 38.8 Å². The average Bonchev–Trinajstić information content (AvgIpc) is 2.29. The van der Waals surface area contributed by atoms with E-state index >= 15 is 0 Å². The lowest BCUT2D eigenvalue weighted by Gasteiger charge is -2.20. The van der Waals surface area contributed by atoms with Crippen LogP contribution in [0.3, 0.4) is 0 Å². The zero-order chi connectivity index (χ0) is 12.7. The summed E-state index contributed by atoms with van der Waals surface area (Å²) in [6.45, 7) is 2.36. The molecule has 4 heteroatoms. The molecule has 3 nitrogen and oxygen atoms in total. The van der Waals surface area contributed by atoms with Crippen molar-refractivity contribution in [1.29, 1.82) is 0 Å². The van der Waals surface area contributed by atoms with Crippen LogP contribution >= 0.6 is 11.6 Å². The van der Waals surface area contributed by atoms with E-state index in [0.29, 0.717) is 6.54 Å². The fourth-order valence-electron chi connectivity index (χ4n) is 1.75. The molecule has 0 heterocycles. The number of hydrogen-bond donors (Lipinski definition) is 1. The summed E-state index contributed by atoms with van der Waals surface area (Å²) in [5.74, 6) is 0. The Kier molecular flexibility index (Phi) is 6.34. The molecule has 0 saturated carbocycles. The zero-order valence-corrected chi connectivity index (χ0v) is 11.3. The minimum Gasteiger partial charge on any atom is -0.385 e. The van der Waals surface area contributed by atoms with Gasteiger partial charge in [-0.25, -0.2) is 0 Å². The van der Waals surface area contributed by atoms with Crippen molar-refractivity contribution in [2.45, 2.75) is 12.8 Å². The average molecular weight is 257 g/mol. The summed E-state index contributed by atoms with van der Waals surface area (Å²) in [6.07, 6.45) is 1.86. The molecule has 96 valence electrons. The smallest absolute Gasteiger partial charge is 0.0642 e. The summed E-state index contributed by atoms with van der Waals surface area (Å²) in [4.78, 5) is 2.15. The molecule has 0 aromatic heterocycles. The van der Waals surface area contributed by atoms with Gasteiger partial charge in [0.25, 0.3) is 0 Å². The molecule has 0 unspecified atom stereocenters. The second-order valence-corrected chi connectivity index (χ2v) is 4.50. The maximum atomic E-state index is 6.26. The standard InChI is InChI=1S/C13H21ClN2O/c1-16(8-3-9-17-2)13-5-4-11(6-7-15)10-12(13)14/h4-5,10H,3,6-9,15H2,1-2H3. The molecule has 17 heavy (non-hydrogen) atoms. The third kappa shape index (κ3) is 4.54. The molecule has 0 atom stereocenters. The van der Waals surface area contributed by atoms with Crippen LogP contribution in [0.15, 0.2) is 18.2 Å². The molecular weight excluding hydrogens is 236 g/mol. The maximum absolute atomic E-state index is 6.26. The van der Waals surface area contributed by atoms with Crippen molar-refractivity contribution in [3.05, 3.63) is 28.8 Å². The van der Waals surface area contributed by atoms with E-state index in [1.54, 1.807) is 7.11 Å². The fourth-order valence-corrected chi connectivity index (χ4v) is 2.10. The van der Waals surface area contributed by atoms with Gasteiger partial charge in [-0.1, -0.05) is 17.7 Å². The number of nitrogens with two attached hydrogens (primary N) is 1.